The number of rotatable bonds is 4. The molecule has 0 atom stereocenters. The molecule has 108 valence electrons. The Morgan fingerprint density at radius 1 is 1.15 bits per heavy atom. The highest BCUT2D eigenvalue weighted by atomic mass is 19.1. The summed E-state index contributed by atoms with van der Waals surface area (Å²) in [6, 6.07) is 2.97. The molecule has 1 fully saturated rings. The maximum atomic E-state index is 13.3. The Hall–Kier alpha value is -1.98. The van der Waals surface area contributed by atoms with E-state index in [1.807, 2.05) is 0 Å². The van der Waals surface area contributed by atoms with Gasteiger partial charge in [-0.15, -0.1) is 0 Å². The average Bonchev–Trinajstić information content (AvgIpc) is 2.85. The van der Waals surface area contributed by atoms with Crippen LogP contribution in [0.4, 0.5) is 14.5 Å². The van der Waals surface area contributed by atoms with Gasteiger partial charge in [0.1, 0.15) is 18.1 Å². The SMILES string of the molecule is O=C(CC(=O)NC1CCCC1)Nc1ccc(F)cc1F. The molecular weight excluding hydrogens is 266 g/mol. The van der Waals surface area contributed by atoms with Gasteiger partial charge in [0.15, 0.2) is 0 Å². The van der Waals surface area contributed by atoms with Crippen molar-refractivity contribution in [3.63, 3.8) is 0 Å². The Morgan fingerprint density at radius 3 is 2.50 bits per heavy atom. The average molecular weight is 282 g/mol. The lowest BCUT2D eigenvalue weighted by molar-refractivity contribution is -0.127. The van der Waals surface area contributed by atoms with Crippen LogP contribution in [0.5, 0.6) is 0 Å². The van der Waals surface area contributed by atoms with Crippen LogP contribution in [0.2, 0.25) is 0 Å². The lowest BCUT2D eigenvalue weighted by Gasteiger charge is -2.12. The number of hydrogen-bond acceptors (Lipinski definition) is 2. The molecule has 0 heterocycles. The van der Waals surface area contributed by atoms with Gasteiger partial charge in [0.2, 0.25) is 11.8 Å². The second-order valence-corrected chi connectivity index (χ2v) is 4.90. The van der Waals surface area contributed by atoms with Crippen molar-refractivity contribution in [1.29, 1.82) is 0 Å². The number of nitrogens with one attached hydrogen (secondary N) is 2. The zero-order chi connectivity index (χ0) is 14.5. The van der Waals surface area contributed by atoms with Gasteiger partial charge in [-0.2, -0.15) is 0 Å². The molecule has 2 amide bonds. The molecule has 0 unspecified atom stereocenters. The first kappa shape index (κ1) is 14.4. The lowest BCUT2D eigenvalue weighted by atomic mass is 10.2. The van der Waals surface area contributed by atoms with Crippen molar-refractivity contribution in [2.45, 2.75) is 38.1 Å². The molecule has 1 aromatic rings. The summed E-state index contributed by atoms with van der Waals surface area (Å²) in [6.07, 6.45) is 3.66. The number of carbonyl (C=O) groups excluding carboxylic acids is 2. The molecule has 1 aliphatic carbocycles. The molecular formula is C14H16F2N2O2. The van der Waals surface area contributed by atoms with E-state index in [4.69, 9.17) is 0 Å². The molecule has 0 aliphatic heterocycles. The van der Waals surface area contributed by atoms with Crippen LogP contribution in [0.25, 0.3) is 0 Å². The van der Waals surface area contributed by atoms with Crippen molar-refractivity contribution in [1.82, 2.24) is 5.32 Å². The van der Waals surface area contributed by atoms with Gasteiger partial charge in [0, 0.05) is 12.1 Å². The van der Waals surface area contributed by atoms with Gasteiger partial charge < -0.3 is 10.6 Å². The van der Waals surface area contributed by atoms with Crippen molar-refractivity contribution in [3.05, 3.63) is 29.8 Å². The molecule has 1 aromatic carbocycles. The molecule has 0 bridgehead atoms. The van der Waals surface area contributed by atoms with E-state index in [9.17, 15) is 18.4 Å². The van der Waals surface area contributed by atoms with Gasteiger partial charge in [0.05, 0.1) is 5.69 Å². The van der Waals surface area contributed by atoms with Gasteiger partial charge in [-0.25, -0.2) is 8.78 Å². The summed E-state index contributed by atoms with van der Waals surface area (Å²) in [6.45, 7) is 0. The molecule has 1 saturated carbocycles. The molecule has 2 rings (SSSR count). The van der Waals surface area contributed by atoms with Gasteiger partial charge in [-0.05, 0) is 25.0 Å². The molecule has 0 spiro atoms. The van der Waals surface area contributed by atoms with Gasteiger partial charge in [-0.3, -0.25) is 9.59 Å². The van der Waals surface area contributed by atoms with E-state index in [2.05, 4.69) is 10.6 Å². The van der Waals surface area contributed by atoms with E-state index in [0.717, 1.165) is 37.8 Å². The monoisotopic (exact) mass is 282 g/mol. The minimum atomic E-state index is -0.866. The van der Waals surface area contributed by atoms with E-state index < -0.39 is 17.5 Å². The second kappa shape index (κ2) is 6.45. The molecule has 6 heteroatoms. The quantitative estimate of drug-likeness (QED) is 0.833. The number of hydrogen-bond donors (Lipinski definition) is 2. The first-order valence-electron chi connectivity index (χ1n) is 6.59. The summed E-state index contributed by atoms with van der Waals surface area (Å²) in [5.74, 6) is -2.59. The van der Waals surface area contributed by atoms with Crippen LogP contribution >= 0.6 is 0 Å². The molecule has 20 heavy (non-hydrogen) atoms. The minimum Gasteiger partial charge on any atom is -0.353 e. The zero-order valence-electron chi connectivity index (χ0n) is 10.9. The molecule has 1 aliphatic rings. The van der Waals surface area contributed by atoms with Gasteiger partial charge >= 0.3 is 0 Å². The second-order valence-electron chi connectivity index (χ2n) is 4.90. The van der Waals surface area contributed by atoms with E-state index in [0.29, 0.717) is 6.07 Å². The first-order chi connectivity index (χ1) is 9.54. The number of benzene rings is 1. The van der Waals surface area contributed by atoms with Crippen LogP contribution in [-0.2, 0) is 9.59 Å². The predicted molar refractivity (Wildman–Crippen MR) is 70.0 cm³/mol. The molecule has 0 saturated heterocycles. The van der Waals surface area contributed by atoms with E-state index in [-0.39, 0.29) is 24.1 Å². The third-order valence-electron chi connectivity index (χ3n) is 3.25. The minimum absolute atomic E-state index is 0.134. The summed E-state index contributed by atoms with van der Waals surface area (Å²) in [7, 11) is 0. The highest BCUT2D eigenvalue weighted by molar-refractivity contribution is 6.03. The molecule has 4 nitrogen and oxygen atoms in total. The van der Waals surface area contributed by atoms with Crippen LogP contribution in [0.3, 0.4) is 0 Å². The molecule has 0 radical (unpaired) electrons. The van der Waals surface area contributed by atoms with Crippen molar-refractivity contribution < 1.29 is 18.4 Å². The van der Waals surface area contributed by atoms with Crippen LogP contribution < -0.4 is 10.6 Å². The van der Waals surface area contributed by atoms with E-state index in [1.165, 1.54) is 0 Å². The highest BCUT2D eigenvalue weighted by Crippen LogP contribution is 2.18. The molecule has 0 aromatic heterocycles. The summed E-state index contributed by atoms with van der Waals surface area (Å²) in [5, 5.41) is 5.02. The Labute approximate surface area is 115 Å². The largest absolute Gasteiger partial charge is 0.353 e. The van der Waals surface area contributed by atoms with Gasteiger partial charge in [0.25, 0.3) is 0 Å². The normalized spacial score (nSPS) is 15.1. The fourth-order valence-electron chi connectivity index (χ4n) is 2.28. The highest BCUT2D eigenvalue weighted by Gasteiger charge is 2.19. The topological polar surface area (TPSA) is 58.2 Å². The summed E-state index contributed by atoms with van der Waals surface area (Å²) in [4.78, 5) is 23.2. The lowest BCUT2D eigenvalue weighted by Crippen LogP contribution is -2.35. The maximum Gasteiger partial charge on any atom is 0.233 e. The predicted octanol–water partition coefficient (Wildman–Crippen LogP) is 2.35. The number of carbonyl (C=O) groups is 2. The first-order valence-corrected chi connectivity index (χ1v) is 6.59. The van der Waals surface area contributed by atoms with Gasteiger partial charge in [-0.1, -0.05) is 12.8 Å². The summed E-state index contributed by atoms with van der Waals surface area (Å²) in [5.41, 5.74) is -0.134. The number of amides is 2. The van der Waals surface area contributed by atoms with E-state index in [1.54, 1.807) is 0 Å². The van der Waals surface area contributed by atoms with Crippen LogP contribution in [-0.4, -0.2) is 17.9 Å². The Morgan fingerprint density at radius 2 is 1.85 bits per heavy atom. The standard InChI is InChI=1S/C14H16F2N2O2/c15-9-5-6-12(11(16)7-9)18-14(20)8-13(19)17-10-3-1-2-4-10/h5-7,10H,1-4,8H2,(H,17,19)(H,18,20). The smallest absolute Gasteiger partial charge is 0.233 e. The zero-order valence-corrected chi connectivity index (χ0v) is 10.9. The fraction of sp³-hybridized carbons (Fsp3) is 0.429. The van der Waals surface area contributed by atoms with Crippen molar-refractivity contribution in [3.8, 4) is 0 Å². The van der Waals surface area contributed by atoms with Crippen LogP contribution in [0, 0.1) is 11.6 Å². The summed E-state index contributed by atoms with van der Waals surface area (Å²) >= 11 is 0. The number of halogens is 2. The third kappa shape index (κ3) is 4.01. The third-order valence-corrected chi connectivity index (χ3v) is 3.25. The fourth-order valence-corrected chi connectivity index (χ4v) is 2.28. The summed E-state index contributed by atoms with van der Waals surface area (Å²) < 4.78 is 26.0. The number of anilines is 1. The van der Waals surface area contributed by atoms with Crippen molar-refractivity contribution >= 4 is 17.5 Å². The van der Waals surface area contributed by atoms with Crippen molar-refractivity contribution in [2.75, 3.05) is 5.32 Å². The maximum absolute atomic E-state index is 13.3. The molecule has 2 N–H and O–H groups in total. The van der Waals surface area contributed by atoms with Crippen molar-refractivity contribution in [2.24, 2.45) is 0 Å². The Kier molecular flexibility index (Phi) is 4.65. The van der Waals surface area contributed by atoms with E-state index >= 15 is 0 Å². The van der Waals surface area contributed by atoms with Crippen LogP contribution in [0.15, 0.2) is 18.2 Å². The Balaban J connectivity index is 1.83. The Bertz CT molecular complexity index is 514. The van der Waals surface area contributed by atoms with Crippen LogP contribution in [0.1, 0.15) is 32.1 Å².